The van der Waals surface area contributed by atoms with Crippen LogP contribution in [0.15, 0.2) is 58.7 Å². The third kappa shape index (κ3) is 6.93. The smallest absolute Gasteiger partial charge is 0.169 e. The van der Waals surface area contributed by atoms with Crippen molar-refractivity contribution in [2.75, 3.05) is 39.6 Å². The van der Waals surface area contributed by atoms with Gasteiger partial charge in [-0.3, -0.25) is 0 Å². The first kappa shape index (κ1) is 24.2. The van der Waals surface area contributed by atoms with E-state index in [1.165, 1.54) is 40.6 Å². The number of aromatic nitrogens is 1. The molecular weight excluding hydrogens is 486 g/mol. The van der Waals surface area contributed by atoms with Crippen LogP contribution in [-0.2, 0) is 6.54 Å². The summed E-state index contributed by atoms with van der Waals surface area (Å²) < 4.78 is 3.34. The van der Waals surface area contributed by atoms with Gasteiger partial charge in [0.1, 0.15) is 6.54 Å². The molecule has 2 heterocycles. The summed E-state index contributed by atoms with van der Waals surface area (Å²) in [5, 5.41) is 1.28. The van der Waals surface area contributed by atoms with Gasteiger partial charge in [0.2, 0.25) is 0 Å². The Bertz CT molecular complexity index is 755. The van der Waals surface area contributed by atoms with Crippen LogP contribution in [0.4, 0.5) is 5.69 Å². The lowest BCUT2D eigenvalue weighted by molar-refractivity contribution is -0.870. The van der Waals surface area contributed by atoms with Gasteiger partial charge >= 0.3 is 0 Å². The van der Waals surface area contributed by atoms with Crippen LogP contribution in [0, 0.1) is 0 Å². The van der Waals surface area contributed by atoms with E-state index in [0.717, 1.165) is 11.0 Å². The number of hydrogen-bond acceptors (Lipinski definition) is 2. The molecule has 0 saturated heterocycles. The monoisotopic (exact) mass is 513 g/mol. The number of unbranched alkanes of at least 4 members (excludes halogenated alkanes) is 1. The highest BCUT2D eigenvalue weighted by molar-refractivity contribution is 8.03. The number of benzene rings is 1. The summed E-state index contributed by atoms with van der Waals surface area (Å²) in [4.78, 5) is 3.60. The standard InChI is InChI=1S/C21H29N3S.2BrH/c1-22-19-9-5-6-10-20(19)25-21(22)17-18-11-14-23(15-12-18)13-7-8-16-24(2,3)4;;/h5-6,9-12,14-15,17H,7-8,13,16H2,1-4H3;2*1H/q+2;;/p-2. The number of hydrogen-bond donors (Lipinski definition) is 0. The van der Waals surface area contributed by atoms with E-state index in [4.69, 9.17) is 0 Å². The Hall–Kier alpha value is -0.820. The van der Waals surface area contributed by atoms with Gasteiger partial charge < -0.3 is 43.3 Å². The number of quaternary nitrogens is 1. The van der Waals surface area contributed by atoms with Gasteiger partial charge in [-0.25, -0.2) is 4.57 Å². The molecule has 1 aromatic heterocycles. The average Bonchev–Trinajstić information content (AvgIpc) is 2.89. The van der Waals surface area contributed by atoms with Crippen LogP contribution in [-0.4, -0.2) is 39.2 Å². The maximum absolute atomic E-state index is 2.29. The molecule has 0 fully saturated rings. The zero-order valence-corrected chi connectivity index (χ0v) is 20.5. The molecule has 0 atom stereocenters. The lowest BCUT2D eigenvalue weighted by Gasteiger charge is -2.23. The maximum atomic E-state index is 2.29. The summed E-state index contributed by atoms with van der Waals surface area (Å²) in [6, 6.07) is 13.0. The molecule has 0 bridgehead atoms. The molecule has 0 spiro atoms. The van der Waals surface area contributed by atoms with Gasteiger partial charge in [-0.2, -0.15) is 0 Å². The molecule has 1 aromatic carbocycles. The van der Waals surface area contributed by atoms with Crippen molar-refractivity contribution in [1.29, 1.82) is 0 Å². The minimum atomic E-state index is 0. The molecule has 0 amide bonds. The summed E-state index contributed by atoms with van der Waals surface area (Å²) in [5.41, 5.74) is 2.55. The van der Waals surface area contributed by atoms with Crippen molar-refractivity contribution in [1.82, 2.24) is 0 Å². The number of para-hydroxylation sites is 1. The lowest BCUT2D eigenvalue weighted by atomic mass is 10.2. The Morgan fingerprint density at radius 1 is 1.00 bits per heavy atom. The van der Waals surface area contributed by atoms with Crippen molar-refractivity contribution in [3.8, 4) is 0 Å². The van der Waals surface area contributed by atoms with Crippen LogP contribution in [0.3, 0.4) is 0 Å². The van der Waals surface area contributed by atoms with Crippen molar-refractivity contribution >= 4 is 23.5 Å². The van der Waals surface area contributed by atoms with Crippen molar-refractivity contribution in [3.63, 3.8) is 0 Å². The average molecular weight is 515 g/mol. The van der Waals surface area contributed by atoms with E-state index in [-0.39, 0.29) is 34.0 Å². The highest BCUT2D eigenvalue weighted by Gasteiger charge is 2.21. The predicted octanol–water partition coefficient (Wildman–Crippen LogP) is -1.99. The Balaban J connectivity index is 0.00000182. The largest absolute Gasteiger partial charge is 1.00 e. The van der Waals surface area contributed by atoms with Gasteiger partial charge in [-0.1, -0.05) is 23.9 Å². The van der Waals surface area contributed by atoms with Crippen LogP contribution in [0.25, 0.3) is 6.08 Å². The molecule has 3 rings (SSSR count). The normalized spacial score (nSPS) is 14.5. The SMILES string of the molecule is CN1C(=Cc2cc[n+](CCCC[N+](C)(C)C)cc2)Sc2ccccc21.[Br-].[Br-]. The first-order valence-electron chi connectivity index (χ1n) is 8.94. The molecule has 1 aliphatic rings. The molecule has 27 heavy (non-hydrogen) atoms. The highest BCUT2D eigenvalue weighted by Crippen LogP contribution is 2.45. The van der Waals surface area contributed by atoms with E-state index in [9.17, 15) is 0 Å². The minimum Gasteiger partial charge on any atom is -1.00 e. The summed E-state index contributed by atoms with van der Waals surface area (Å²) in [5.74, 6) is 0. The van der Waals surface area contributed by atoms with Gasteiger partial charge in [-0.15, -0.1) is 0 Å². The van der Waals surface area contributed by atoms with E-state index in [1.807, 2.05) is 11.8 Å². The fourth-order valence-corrected chi connectivity index (χ4v) is 4.10. The number of aryl methyl sites for hydroxylation is 1. The molecule has 6 heteroatoms. The number of anilines is 1. The van der Waals surface area contributed by atoms with Crippen molar-refractivity contribution in [2.45, 2.75) is 24.3 Å². The second-order valence-electron chi connectivity index (χ2n) is 7.70. The fourth-order valence-electron chi connectivity index (χ4n) is 2.98. The summed E-state index contributed by atoms with van der Waals surface area (Å²) in [6.07, 6.45) is 9.17. The van der Waals surface area contributed by atoms with Crippen LogP contribution in [0.2, 0.25) is 0 Å². The topological polar surface area (TPSA) is 7.12 Å². The van der Waals surface area contributed by atoms with Gasteiger partial charge in [0, 0.05) is 36.9 Å². The van der Waals surface area contributed by atoms with Gasteiger partial charge in [0.15, 0.2) is 12.4 Å². The quantitative estimate of drug-likeness (QED) is 0.250. The summed E-state index contributed by atoms with van der Waals surface area (Å²) in [7, 11) is 8.91. The van der Waals surface area contributed by atoms with Crippen molar-refractivity contribution < 1.29 is 43.0 Å². The van der Waals surface area contributed by atoms with E-state index < -0.39 is 0 Å². The molecule has 3 nitrogen and oxygen atoms in total. The number of rotatable bonds is 6. The van der Waals surface area contributed by atoms with Crippen LogP contribution in [0.1, 0.15) is 18.4 Å². The maximum Gasteiger partial charge on any atom is 0.169 e. The third-order valence-electron chi connectivity index (χ3n) is 4.47. The summed E-state index contributed by atoms with van der Waals surface area (Å²) in [6.45, 7) is 2.33. The molecule has 148 valence electrons. The first-order chi connectivity index (χ1) is 11.9. The van der Waals surface area contributed by atoms with Crippen molar-refractivity contribution in [3.05, 3.63) is 59.4 Å². The van der Waals surface area contributed by atoms with Crippen LogP contribution >= 0.6 is 11.8 Å². The third-order valence-corrected chi connectivity index (χ3v) is 5.64. The zero-order valence-electron chi connectivity index (χ0n) is 16.5. The fraction of sp³-hybridized carbons (Fsp3) is 0.381. The Morgan fingerprint density at radius 2 is 1.67 bits per heavy atom. The van der Waals surface area contributed by atoms with E-state index in [1.54, 1.807) is 0 Å². The number of pyridine rings is 1. The minimum absolute atomic E-state index is 0. The number of thioether (sulfide) groups is 1. The zero-order chi connectivity index (χ0) is 17.9. The molecule has 2 aromatic rings. The van der Waals surface area contributed by atoms with E-state index >= 15 is 0 Å². The number of halogens is 2. The Kier molecular flexibility index (Phi) is 9.55. The Labute approximate surface area is 189 Å². The first-order valence-corrected chi connectivity index (χ1v) is 9.76. The van der Waals surface area contributed by atoms with Crippen molar-refractivity contribution in [2.24, 2.45) is 0 Å². The van der Waals surface area contributed by atoms with Crippen LogP contribution < -0.4 is 43.4 Å². The molecule has 0 unspecified atom stereocenters. The molecule has 0 saturated carbocycles. The highest BCUT2D eigenvalue weighted by atomic mass is 79.9. The molecular formula is C21H29Br2N3S. The van der Waals surface area contributed by atoms with Gasteiger partial charge in [0.25, 0.3) is 0 Å². The van der Waals surface area contributed by atoms with E-state index in [0.29, 0.717) is 0 Å². The van der Waals surface area contributed by atoms with Crippen LogP contribution in [0.5, 0.6) is 0 Å². The molecule has 0 radical (unpaired) electrons. The predicted molar refractivity (Wildman–Crippen MR) is 107 cm³/mol. The lowest BCUT2D eigenvalue weighted by Crippen LogP contribution is -3.00. The molecule has 0 N–H and O–H groups in total. The number of nitrogens with zero attached hydrogens (tertiary/aromatic N) is 3. The van der Waals surface area contributed by atoms with E-state index in [2.05, 4.69) is 92.5 Å². The van der Waals surface area contributed by atoms with Gasteiger partial charge in [-0.05, 0) is 23.8 Å². The molecule has 0 aliphatic carbocycles. The second-order valence-corrected chi connectivity index (χ2v) is 8.76. The van der Waals surface area contributed by atoms with Gasteiger partial charge in [0.05, 0.1) is 38.4 Å². The second kappa shape index (κ2) is 10.6. The molecule has 1 aliphatic heterocycles. The Morgan fingerprint density at radius 3 is 2.30 bits per heavy atom. The number of fused-ring (bicyclic) bond motifs is 1. The summed E-state index contributed by atoms with van der Waals surface area (Å²) >= 11 is 1.84.